The highest BCUT2D eigenvalue weighted by Crippen LogP contribution is 2.03. The lowest BCUT2D eigenvalue weighted by Crippen LogP contribution is -2.22. The Bertz CT molecular complexity index is 526. The number of carbonyl (C=O) groups excluding carboxylic acids is 1. The maximum atomic E-state index is 12.7. The first-order chi connectivity index (χ1) is 9.24. The molecule has 1 aromatic heterocycles. The van der Waals surface area contributed by atoms with Crippen LogP contribution < -0.4 is 5.32 Å². The molecule has 2 aromatic rings. The van der Waals surface area contributed by atoms with Crippen LogP contribution in [0.15, 0.2) is 48.8 Å². The van der Waals surface area contributed by atoms with Crippen molar-refractivity contribution in [3.8, 4) is 0 Å². The molecule has 3 nitrogen and oxygen atoms in total. The first-order valence-electron chi connectivity index (χ1n) is 6.14. The Morgan fingerprint density at radius 3 is 2.63 bits per heavy atom. The van der Waals surface area contributed by atoms with E-state index in [9.17, 15) is 9.18 Å². The lowest BCUT2D eigenvalue weighted by atomic mass is 10.1. The van der Waals surface area contributed by atoms with Crippen LogP contribution in [0.4, 0.5) is 4.39 Å². The third-order valence-electron chi connectivity index (χ3n) is 2.77. The number of hydrogen-bond acceptors (Lipinski definition) is 2. The summed E-state index contributed by atoms with van der Waals surface area (Å²) in [6.07, 6.45) is 4.56. The first kappa shape index (κ1) is 13.2. The molecule has 0 atom stereocenters. The first-order valence-corrected chi connectivity index (χ1v) is 6.14. The molecule has 1 aromatic carbocycles. The normalized spacial score (nSPS) is 10.2. The maximum absolute atomic E-state index is 12.7. The molecule has 1 amide bonds. The average molecular weight is 258 g/mol. The minimum Gasteiger partial charge on any atom is -0.352 e. The fourth-order valence-corrected chi connectivity index (χ4v) is 1.70. The van der Waals surface area contributed by atoms with Gasteiger partial charge in [-0.15, -0.1) is 0 Å². The zero-order chi connectivity index (χ0) is 13.5. The predicted molar refractivity (Wildman–Crippen MR) is 70.8 cm³/mol. The van der Waals surface area contributed by atoms with Gasteiger partial charge >= 0.3 is 0 Å². The molecule has 98 valence electrons. The second-order valence-electron chi connectivity index (χ2n) is 4.26. The number of pyridine rings is 1. The number of aromatic nitrogens is 1. The minimum absolute atomic E-state index is 0.0202. The number of nitrogens with one attached hydrogen (secondary N) is 1. The summed E-state index contributed by atoms with van der Waals surface area (Å²) in [6.45, 7) is 0.423. The fourth-order valence-electron chi connectivity index (χ4n) is 1.70. The number of amides is 1. The van der Waals surface area contributed by atoms with E-state index < -0.39 is 0 Å². The maximum Gasteiger partial charge on any atom is 0.220 e. The molecule has 0 aliphatic heterocycles. The smallest absolute Gasteiger partial charge is 0.220 e. The van der Waals surface area contributed by atoms with Gasteiger partial charge in [0.05, 0.1) is 0 Å². The van der Waals surface area contributed by atoms with Crippen molar-refractivity contribution in [1.82, 2.24) is 10.3 Å². The molecular weight excluding hydrogens is 243 g/mol. The summed E-state index contributed by atoms with van der Waals surface area (Å²) in [4.78, 5) is 15.6. The van der Waals surface area contributed by atoms with Crippen molar-refractivity contribution in [2.24, 2.45) is 0 Å². The second-order valence-corrected chi connectivity index (χ2v) is 4.26. The van der Waals surface area contributed by atoms with Crippen molar-refractivity contribution < 1.29 is 9.18 Å². The Balaban J connectivity index is 1.74. The van der Waals surface area contributed by atoms with E-state index in [0.717, 1.165) is 11.1 Å². The molecule has 1 heterocycles. The van der Waals surface area contributed by atoms with Gasteiger partial charge in [0.1, 0.15) is 5.82 Å². The van der Waals surface area contributed by atoms with E-state index in [0.29, 0.717) is 19.4 Å². The third kappa shape index (κ3) is 4.50. The van der Waals surface area contributed by atoms with Crippen LogP contribution in [0.1, 0.15) is 17.5 Å². The number of halogens is 1. The summed E-state index contributed by atoms with van der Waals surface area (Å²) >= 11 is 0. The molecule has 2 rings (SSSR count). The van der Waals surface area contributed by atoms with Crippen LogP contribution in [0.3, 0.4) is 0 Å². The van der Waals surface area contributed by atoms with Crippen molar-refractivity contribution in [2.45, 2.75) is 19.4 Å². The van der Waals surface area contributed by atoms with Crippen LogP contribution >= 0.6 is 0 Å². The van der Waals surface area contributed by atoms with Crippen LogP contribution in [0.5, 0.6) is 0 Å². The number of carbonyl (C=O) groups is 1. The molecule has 0 radical (unpaired) electrons. The van der Waals surface area contributed by atoms with Crippen LogP contribution in [-0.4, -0.2) is 10.9 Å². The molecular formula is C15H15FN2O. The van der Waals surface area contributed by atoms with E-state index in [1.54, 1.807) is 24.5 Å². The summed E-state index contributed by atoms with van der Waals surface area (Å²) < 4.78 is 12.7. The van der Waals surface area contributed by atoms with Gasteiger partial charge in [0, 0.05) is 25.4 Å². The van der Waals surface area contributed by atoms with Gasteiger partial charge in [-0.3, -0.25) is 9.78 Å². The summed E-state index contributed by atoms with van der Waals surface area (Å²) in [5.41, 5.74) is 1.93. The molecule has 19 heavy (non-hydrogen) atoms. The Hall–Kier alpha value is -2.23. The van der Waals surface area contributed by atoms with E-state index in [1.165, 1.54) is 12.1 Å². The minimum atomic E-state index is -0.272. The standard InChI is InChI=1S/C15H15FN2O/c16-14-6-3-13(4-7-14)11-18-15(19)8-5-12-2-1-9-17-10-12/h1-4,6-7,9-10H,5,8,11H2,(H,18,19). The molecule has 0 bridgehead atoms. The van der Waals surface area contributed by atoms with E-state index in [-0.39, 0.29) is 11.7 Å². The van der Waals surface area contributed by atoms with Gasteiger partial charge in [-0.25, -0.2) is 4.39 Å². The van der Waals surface area contributed by atoms with E-state index >= 15 is 0 Å². The summed E-state index contributed by atoms with van der Waals surface area (Å²) in [7, 11) is 0. The van der Waals surface area contributed by atoms with Crippen LogP contribution in [-0.2, 0) is 17.8 Å². The van der Waals surface area contributed by atoms with Crippen molar-refractivity contribution in [3.05, 3.63) is 65.7 Å². The molecule has 0 aliphatic carbocycles. The number of benzene rings is 1. The molecule has 0 saturated carbocycles. The topological polar surface area (TPSA) is 42.0 Å². The van der Waals surface area contributed by atoms with E-state index in [1.807, 2.05) is 12.1 Å². The molecule has 0 spiro atoms. The monoisotopic (exact) mass is 258 g/mol. The number of aryl methyl sites for hydroxylation is 1. The van der Waals surface area contributed by atoms with Gasteiger partial charge in [-0.05, 0) is 35.7 Å². The van der Waals surface area contributed by atoms with Gasteiger partial charge < -0.3 is 5.32 Å². The third-order valence-corrected chi connectivity index (χ3v) is 2.77. The Kier molecular flexibility index (Phi) is 4.61. The zero-order valence-corrected chi connectivity index (χ0v) is 10.5. The van der Waals surface area contributed by atoms with Gasteiger partial charge in [0.2, 0.25) is 5.91 Å². The highest BCUT2D eigenvalue weighted by Gasteiger charge is 2.02. The second kappa shape index (κ2) is 6.64. The van der Waals surface area contributed by atoms with Gasteiger partial charge in [-0.1, -0.05) is 18.2 Å². The molecule has 1 N–H and O–H groups in total. The van der Waals surface area contributed by atoms with Crippen molar-refractivity contribution in [3.63, 3.8) is 0 Å². The lowest BCUT2D eigenvalue weighted by molar-refractivity contribution is -0.121. The highest BCUT2D eigenvalue weighted by atomic mass is 19.1. The van der Waals surface area contributed by atoms with Crippen molar-refractivity contribution in [1.29, 1.82) is 0 Å². The van der Waals surface area contributed by atoms with Crippen molar-refractivity contribution in [2.75, 3.05) is 0 Å². The zero-order valence-electron chi connectivity index (χ0n) is 10.5. The summed E-state index contributed by atoms with van der Waals surface area (Å²) in [5.74, 6) is -0.292. The van der Waals surface area contributed by atoms with Crippen LogP contribution in [0.2, 0.25) is 0 Å². The Morgan fingerprint density at radius 2 is 1.95 bits per heavy atom. The van der Waals surface area contributed by atoms with Gasteiger partial charge in [-0.2, -0.15) is 0 Å². The van der Waals surface area contributed by atoms with Crippen LogP contribution in [0.25, 0.3) is 0 Å². The molecule has 0 saturated heterocycles. The highest BCUT2D eigenvalue weighted by molar-refractivity contribution is 5.76. The number of rotatable bonds is 5. The molecule has 4 heteroatoms. The average Bonchev–Trinajstić information content (AvgIpc) is 2.45. The number of hydrogen-bond donors (Lipinski definition) is 1. The molecule has 0 fully saturated rings. The number of nitrogens with zero attached hydrogens (tertiary/aromatic N) is 1. The summed E-state index contributed by atoms with van der Waals surface area (Å²) in [6, 6.07) is 9.90. The summed E-state index contributed by atoms with van der Waals surface area (Å²) in [5, 5.41) is 2.81. The van der Waals surface area contributed by atoms with Gasteiger partial charge in [0.15, 0.2) is 0 Å². The van der Waals surface area contributed by atoms with Gasteiger partial charge in [0.25, 0.3) is 0 Å². The molecule has 0 unspecified atom stereocenters. The Labute approximate surface area is 111 Å². The fraction of sp³-hybridized carbons (Fsp3) is 0.200. The SMILES string of the molecule is O=C(CCc1cccnc1)NCc1ccc(F)cc1. The molecule has 0 aliphatic rings. The lowest BCUT2D eigenvalue weighted by Gasteiger charge is -2.05. The largest absolute Gasteiger partial charge is 0.352 e. The van der Waals surface area contributed by atoms with E-state index in [4.69, 9.17) is 0 Å². The predicted octanol–water partition coefficient (Wildman–Crippen LogP) is 2.47. The quantitative estimate of drug-likeness (QED) is 0.895. The van der Waals surface area contributed by atoms with Crippen molar-refractivity contribution >= 4 is 5.91 Å². The Morgan fingerprint density at radius 1 is 1.16 bits per heavy atom. The van der Waals surface area contributed by atoms with Crippen LogP contribution in [0, 0.1) is 5.82 Å². The van der Waals surface area contributed by atoms with E-state index in [2.05, 4.69) is 10.3 Å².